The molecule has 1 aromatic heterocycles. The Morgan fingerprint density at radius 1 is 1.14 bits per heavy atom. The predicted octanol–water partition coefficient (Wildman–Crippen LogP) is 2.14. The molecule has 2 aromatic rings. The summed E-state index contributed by atoms with van der Waals surface area (Å²) >= 11 is 5.31. The Balaban J connectivity index is 1.45. The first kappa shape index (κ1) is 21.5. The zero-order valence-electron chi connectivity index (χ0n) is 16.8. The topological polar surface area (TPSA) is 77.6 Å². The molecule has 1 saturated heterocycles. The van der Waals surface area contributed by atoms with E-state index in [1.54, 1.807) is 10.5 Å². The van der Waals surface area contributed by atoms with Crippen LogP contribution in [0.3, 0.4) is 0 Å². The first-order valence-corrected chi connectivity index (χ1v) is 11.6. The summed E-state index contributed by atoms with van der Waals surface area (Å²) in [5, 5.41) is 6.57. The van der Waals surface area contributed by atoms with E-state index < -0.39 is 10.0 Å². The maximum Gasteiger partial charge on any atom is 0.215 e. The molecule has 9 heteroatoms. The molecule has 1 aliphatic rings. The van der Waals surface area contributed by atoms with Gasteiger partial charge in [0.15, 0.2) is 5.11 Å². The molecular weight excluding hydrogens is 406 g/mol. The van der Waals surface area contributed by atoms with E-state index in [1.807, 2.05) is 50.2 Å². The summed E-state index contributed by atoms with van der Waals surface area (Å²) in [5.74, 6) is 0.889. The molecule has 0 aliphatic carbocycles. The average molecular weight is 434 g/mol. The third-order valence-electron chi connectivity index (χ3n) is 4.89. The van der Waals surface area contributed by atoms with Crippen LogP contribution >= 0.6 is 12.2 Å². The van der Waals surface area contributed by atoms with Gasteiger partial charge in [-0.15, -0.1) is 0 Å². The first-order chi connectivity index (χ1) is 13.8. The smallest absolute Gasteiger partial charge is 0.215 e. The molecule has 0 spiro atoms. The average Bonchev–Trinajstić information content (AvgIpc) is 2.71. The Bertz CT molecular complexity index is 943. The van der Waals surface area contributed by atoms with Gasteiger partial charge in [0.1, 0.15) is 5.82 Å². The van der Waals surface area contributed by atoms with Crippen LogP contribution in [-0.4, -0.2) is 61.3 Å². The lowest BCUT2D eigenvalue weighted by molar-refractivity contribution is 0.384. The van der Waals surface area contributed by atoms with Crippen molar-refractivity contribution in [3.63, 3.8) is 0 Å². The lowest BCUT2D eigenvalue weighted by Gasteiger charge is -2.34. The van der Waals surface area contributed by atoms with Crippen molar-refractivity contribution in [3.8, 4) is 0 Å². The summed E-state index contributed by atoms with van der Waals surface area (Å²) in [6.45, 7) is 6.47. The van der Waals surface area contributed by atoms with Crippen LogP contribution in [0.15, 0.2) is 42.6 Å². The number of hydrogen-bond acceptors (Lipinski definition) is 5. The molecule has 2 N–H and O–H groups in total. The SMILES string of the molecule is Cc1ccc(C)c(NC(=S)NCCS(=O)(=O)N2CCN(c3ccccn3)CC2)c1. The van der Waals surface area contributed by atoms with Gasteiger partial charge in [-0.05, 0) is 55.4 Å². The standard InChI is InChI=1S/C20H27N5O2S2/c1-16-6-7-17(2)18(15-16)23-20(28)22-9-14-29(26,27)25-12-10-24(11-13-25)19-5-3-4-8-21-19/h3-8,15H,9-14H2,1-2H3,(H2,22,23,28). The number of sulfonamides is 1. The van der Waals surface area contributed by atoms with E-state index in [4.69, 9.17) is 12.2 Å². The monoisotopic (exact) mass is 433 g/mol. The summed E-state index contributed by atoms with van der Waals surface area (Å²) in [4.78, 5) is 6.44. The lowest BCUT2D eigenvalue weighted by atomic mass is 10.1. The van der Waals surface area contributed by atoms with Crippen molar-refractivity contribution >= 4 is 38.9 Å². The van der Waals surface area contributed by atoms with E-state index >= 15 is 0 Å². The molecule has 0 atom stereocenters. The number of nitrogens with zero attached hydrogens (tertiary/aromatic N) is 3. The van der Waals surface area contributed by atoms with Crippen LogP contribution in [0.5, 0.6) is 0 Å². The summed E-state index contributed by atoms with van der Waals surface area (Å²) in [5.41, 5.74) is 3.14. The molecule has 0 amide bonds. The number of aromatic nitrogens is 1. The second-order valence-corrected chi connectivity index (χ2v) is 9.59. The molecule has 0 saturated carbocycles. The largest absolute Gasteiger partial charge is 0.361 e. The second-order valence-electron chi connectivity index (χ2n) is 7.09. The Hall–Kier alpha value is -2.23. The molecule has 0 unspecified atom stereocenters. The van der Waals surface area contributed by atoms with Gasteiger partial charge in [0.2, 0.25) is 10.0 Å². The van der Waals surface area contributed by atoms with Crippen molar-refractivity contribution in [3.05, 3.63) is 53.7 Å². The molecule has 2 heterocycles. The van der Waals surface area contributed by atoms with Gasteiger partial charge in [0, 0.05) is 44.6 Å². The molecule has 7 nitrogen and oxygen atoms in total. The van der Waals surface area contributed by atoms with Gasteiger partial charge in [0.05, 0.1) is 5.75 Å². The van der Waals surface area contributed by atoms with Gasteiger partial charge in [0.25, 0.3) is 0 Å². The highest BCUT2D eigenvalue weighted by molar-refractivity contribution is 7.89. The number of benzene rings is 1. The predicted molar refractivity (Wildman–Crippen MR) is 122 cm³/mol. The Labute approximate surface area is 178 Å². The number of rotatable bonds is 6. The van der Waals surface area contributed by atoms with Crippen LogP contribution in [-0.2, 0) is 10.0 Å². The summed E-state index contributed by atoms with van der Waals surface area (Å²) < 4.78 is 26.9. The van der Waals surface area contributed by atoms with Gasteiger partial charge < -0.3 is 15.5 Å². The third kappa shape index (κ3) is 5.88. The third-order valence-corrected chi connectivity index (χ3v) is 7.01. The maximum atomic E-state index is 12.7. The quantitative estimate of drug-likeness (QED) is 0.676. The fourth-order valence-electron chi connectivity index (χ4n) is 3.20. The van der Waals surface area contributed by atoms with Gasteiger partial charge >= 0.3 is 0 Å². The normalized spacial score (nSPS) is 15.2. The molecule has 0 radical (unpaired) electrons. The zero-order chi connectivity index (χ0) is 20.9. The van der Waals surface area contributed by atoms with Crippen molar-refractivity contribution in [2.75, 3.05) is 48.7 Å². The van der Waals surface area contributed by atoms with Gasteiger partial charge in [-0.3, -0.25) is 0 Å². The Kier molecular flexibility index (Phi) is 7.05. The van der Waals surface area contributed by atoms with Crippen molar-refractivity contribution in [1.29, 1.82) is 0 Å². The maximum absolute atomic E-state index is 12.7. The highest BCUT2D eigenvalue weighted by Crippen LogP contribution is 2.16. The van der Waals surface area contributed by atoms with Crippen LogP contribution < -0.4 is 15.5 Å². The molecule has 0 bridgehead atoms. The number of hydrogen-bond donors (Lipinski definition) is 2. The Morgan fingerprint density at radius 3 is 2.59 bits per heavy atom. The minimum atomic E-state index is -3.34. The van der Waals surface area contributed by atoms with Crippen molar-refractivity contribution in [2.45, 2.75) is 13.8 Å². The van der Waals surface area contributed by atoms with E-state index in [1.165, 1.54) is 0 Å². The van der Waals surface area contributed by atoms with Crippen LogP contribution in [0, 0.1) is 13.8 Å². The minimum Gasteiger partial charge on any atom is -0.361 e. The van der Waals surface area contributed by atoms with Gasteiger partial charge in [-0.2, -0.15) is 4.31 Å². The summed E-state index contributed by atoms with van der Waals surface area (Å²) in [6, 6.07) is 11.8. The van der Waals surface area contributed by atoms with Crippen LogP contribution in [0.1, 0.15) is 11.1 Å². The molecule has 1 aromatic carbocycles. The number of thiocarbonyl (C=S) groups is 1. The summed E-state index contributed by atoms with van der Waals surface area (Å²) in [7, 11) is -3.34. The first-order valence-electron chi connectivity index (χ1n) is 9.61. The number of aryl methyl sites for hydroxylation is 2. The van der Waals surface area contributed by atoms with Crippen molar-refractivity contribution in [1.82, 2.24) is 14.6 Å². The zero-order valence-corrected chi connectivity index (χ0v) is 18.4. The lowest BCUT2D eigenvalue weighted by Crippen LogP contribution is -2.50. The molecule has 156 valence electrons. The van der Waals surface area contributed by atoms with E-state index in [2.05, 4.69) is 20.5 Å². The number of pyridine rings is 1. The van der Waals surface area contributed by atoms with E-state index in [0.29, 0.717) is 31.3 Å². The molecule has 1 fully saturated rings. The number of anilines is 2. The van der Waals surface area contributed by atoms with E-state index in [0.717, 1.165) is 22.6 Å². The highest BCUT2D eigenvalue weighted by Gasteiger charge is 2.27. The van der Waals surface area contributed by atoms with Gasteiger partial charge in [-0.25, -0.2) is 13.4 Å². The van der Waals surface area contributed by atoms with E-state index in [-0.39, 0.29) is 12.3 Å². The van der Waals surface area contributed by atoms with Crippen molar-refractivity contribution < 1.29 is 8.42 Å². The van der Waals surface area contributed by atoms with E-state index in [9.17, 15) is 8.42 Å². The number of nitrogens with one attached hydrogen (secondary N) is 2. The fourth-order valence-corrected chi connectivity index (χ4v) is 4.75. The highest BCUT2D eigenvalue weighted by atomic mass is 32.2. The summed E-state index contributed by atoms with van der Waals surface area (Å²) in [6.07, 6.45) is 1.75. The molecular formula is C20H27N5O2S2. The van der Waals surface area contributed by atoms with Crippen molar-refractivity contribution in [2.24, 2.45) is 0 Å². The minimum absolute atomic E-state index is 0.00517. The number of piperazine rings is 1. The van der Waals surface area contributed by atoms with Gasteiger partial charge in [-0.1, -0.05) is 18.2 Å². The van der Waals surface area contributed by atoms with Crippen LogP contribution in [0.2, 0.25) is 0 Å². The molecule has 29 heavy (non-hydrogen) atoms. The molecule has 3 rings (SSSR count). The fraction of sp³-hybridized carbons (Fsp3) is 0.400. The van der Waals surface area contributed by atoms with Crippen LogP contribution in [0.4, 0.5) is 11.5 Å². The Morgan fingerprint density at radius 2 is 1.90 bits per heavy atom. The molecule has 1 aliphatic heterocycles. The van der Waals surface area contributed by atoms with Crippen LogP contribution in [0.25, 0.3) is 0 Å². The second kappa shape index (κ2) is 9.51.